The van der Waals surface area contributed by atoms with Crippen LogP contribution >= 0.6 is 0 Å². The third-order valence-corrected chi connectivity index (χ3v) is 4.41. The highest BCUT2D eigenvalue weighted by Crippen LogP contribution is 2.32. The van der Waals surface area contributed by atoms with Gasteiger partial charge in [-0.05, 0) is 39.0 Å². The fraction of sp³-hybridized carbons (Fsp3) is 0.923. The van der Waals surface area contributed by atoms with Gasteiger partial charge in [0, 0.05) is 25.7 Å². The first-order chi connectivity index (χ1) is 8.55. The number of ether oxygens (including phenoxy) is 1. The van der Waals surface area contributed by atoms with E-state index in [2.05, 4.69) is 4.90 Å². The van der Waals surface area contributed by atoms with Gasteiger partial charge >= 0.3 is 0 Å². The van der Waals surface area contributed by atoms with Gasteiger partial charge in [-0.1, -0.05) is 0 Å². The van der Waals surface area contributed by atoms with Crippen LogP contribution < -0.4 is 11.5 Å². The van der Waals surface area contributed by atoms with E-state index >= 15 is 0 Å². The van der Waals surface area contributed by atoms with Gasteiger partial charge < -0.3 is 21.1 Å². The van der Waals surface area contributed by atoms with E-state index < -0.39 is 5.54 Å². The number of carbonyl (C=O) groups is 1. The Morgan fingerprint density at radius 3 is 2.56 bits per heavy atom. The largest absolute Gasteiger partial charge is 0.378 e. The summed E-state index contributed by atoms with van der Waals surface area (Å²) in [7, 11) is 0. The van der Waals surface area contributed by atoms with Gasteiger partial charge in [-0.15, -0.1) is 0 Å². The van der Waals surface area contributed by atoms with Crippen molar-refractivity contribution >= 4 is 5.91 Å². The maximum atomic E-state index is 11.3. The standard InChI is InChI=1S/C13H25N3O2/c1-2-18-11-4-7-16(8-5-11)10-3-6-13(15,9-10)12(14)17/h10-11H,2-9,15H2,1H3,(H2,14,17). The van der Waals surface area contributed by atoms with Crippen molar-refractivity contribution in [1.29, 1.82) is 0 Å². The summed E-state index contributed by atoms with van der Waals surface area (Å²) in [5, 5.41) is 0. The first-order valence-electron chi connectivity index (χ1n) is 6.99. The van der Waals surface area contributed by atoms with Crippen molar-refractivity contribution in [3.63, 3.8) is 0 Å². The molecule has 5 nitrogen and oxygen atoms in total. The molecule has 4 N–H and O–H groups in total. The second-order valence-electron chi connectivity index (χ2n) is 5.61. The summed E-state index contributed by atoms with van der Waals surface area (Å²) < 4.78 is 5.65. The van der Waals surface area contributed by atoms with Gasteiger partial charge in [0.2, 0.25) is 5.91 Å². The Labute approximate surface area is 109 Å². The molecule has 2 unspecified atom stereocenters. The minimum absolute atomic E-state index is 0.353. The molecule has 104 valence electrons. The Hall–Kier alpha value is -0.650. The molecule has 5 heteroatoms. The highest BCUT2D eigenvalue weighted by molar-refractivity contribution is 5.84. The van der Waals surface area contributed by atoms with E-state index in [-0.39, 0.29) is 5.91 Å². The number of piperidine rings is 1. The molecule has 0 aromatic carbocycles. The number of hydrogen-bond donors (Lipinski definition) is 2. The molecule has 2 fully saturated rings. The lowest BCUT2D eigenvalue weighted by Crippen LogP contribution is -2.51. The van der Waals surface area contributed by atoms with E-state index in [1.54, 1.807) is 0 Å². The first-order valence-corrected chi connectivity index (χ1v) is 6.99. The second kappa shape index (κ2) is 5.55. The second-order valence-corrected chi connectivity index (χ2v) is 5.61. The number of hydrogen-bond acceptors (Lipinski definition) is 4. The maximum absolute atomic E-state index is 11.3. The lowest BCUT2D eigenvalue weighted by atomic mass is 9.97. The van der Waals surface area contributed by atoms with Crippen LogP contribution in [0.5, 0.6) is 0 Å². The lowest BCUT2D eigenvalue weighted by molar-refractivity contribution is -0.123. The fourth-order valence-electron chi connectivity index (χ4n) is 3.23. The van der Waals surface area contributed by atoms with E-state index in [0.717, 1.165) is 45.4 Å². The Balaban J connectivity index is 1.83. The average Bonchev–Trinajstić information content (AvgIpc) is 2.75. The highest BCUT2D eigenvalue weighted by atomic mass is 16.5. The number of rotatable bonds is 4. The molecule has 2 rings (SSSR count). The Morgan fingerprint density at radius 2 is 2.06 bits per heavy atom. The quantitative estimate of drug-likeness (QED) is 0.753. The molecule has 1 amide bonds. The van der Waals surface area contributed by atoms with Crippen LogP contribution in [0.1, 0.15) is 39.0 Å². The Bertz CT molecular complexity index is 303. The zero-order valence-electron chi connectivity index (χ0n) is 11.2. The van der Waals surface area contributed by atoms with Gasteiger partial charge in [-0.25, -0.2) is 0 Å². The zero-order chi connectivity index (χ0) is 13.2. The van der Waals surface area contributed by atoms with Gasteiger partial charge in [0.05, 0.1) is 11.6 Å². The molecule has 2 aliphatic rings. The molecule has 18 heavy (non-hydrogen) atoms. The van der Waals surface area contributed by atoms with E-state index in [1.807, 2.05) is 6.92 Å². The van der Waals surface area contributed by atoms with Gasteiger partial charge in [0.1, 0.15) is 0 Å². The summed E-state index contributed by atoms with van der Waals surface area (Å²) in [5.41, 5.74) is 10.7. The summed E-state index contributed by atoms with van der Waals surface area (Å²) in [6.07, 6.45) is 4.99. The van der Waals surface area contributed by atoms with Crippen LogP contribution in [-0.4, -0.2) is 48.2 Å². The number of amides is 1. The average molecular weight is 255 g/mol. The van der Waals surface area contributed by atoms with Crippen LogP contribution in [0, 0.1) is 0 Å². The van der Waals surface area contributed by atoms with Crippen molar-refractivity contribution in [2.45, 2.75) is 56.7 Å². The normalized spacial score (nSPS) is 34.9. The molecule has 1 aliphatic carbocycles. The summed E-state index contributed by atoms with van der Waals surface area (Å²) in [5.74, 6) is -0.353. The van der Waals surface area contributed by atoms with Crippen molar-refractivity contribution in [1.82, 2.24) is 4.90 Å². The molecule has 0 spiro atoms. The van der Waals surface area contributed by atoms with E-state index in [4.69, 9.17) is 16.2 Å². The smallest absolute Gasteiger partial charge is 0.237 e. The minimum Gasteiger partial charge on any atom is -0.378 e. The number of carbonyl (C=O) groups excluding carboxylic acids is 1. The predicted molar refractivity (Wildman–Crippen MR) is 70.0 cm³/mol. The molecule has 1 aliphatic heterocycles. The highest BCUT2D eigenvalue weighted by Gasteiger charge is 2.43. The Kier molecular flexibility index (Phi) is 4.25. The van der Waals surface area contributed by atoms with Crippen LogP contribution in [0.3, 0.4) is 0 Å². The summed E-state index contributed by atoms with van der Waals surface area (Å²) >= 11 is 0. The Morgan fingerprint density at radius 1 is 1.39 bits per heavy atom. The molecule has 1 saturated carbocycles. The van der Waals surface area contributed by atoms with Crippen molar-refractivity contribution in [2.75, 3.05) is 19.7 Å². The van der Waals surface area contributed by atoms with Crippen molar-refractivity contribution < 1.29 is 9.53 Å². The maximum Gasteiger partial charge on any atom is 0.237 e. The van der Waals surface area contributed by atoms with Crippen LogP contribution in [0.25, 0.3) is 0 Å². The van der Waals surface area contributed by atoms with Crippen LogP contribution in [0.4, 0.5) is 0 Å². The molecule has 1 heterocycles. The summed E-state index contributed by atoms with van der Waals surface area (Å²) in [6.45, 7) is 4.93. The summed E-state index contributed by atoms with van der Waals surface area (Å²) in [4.78, 5) is 13.8. The van der Waals surface area contributed by atoms with Crippen molar-refractivity contribution in [3.05, 3.63) is 0 Å². The number of primary amides is 1. The van der Waals surface area contributed by atoms with Crippen molar-refractivity contribution in [2.24, 2.45) is 11.5 Å². The zero-order valence-corrected chi connectivity index (χ0v) is 11.2. The molecule has 0 aromatic rings. The number of likely N-dealkylation sites (tertiary alicyclic amines) is 1. The third kappa shape index (κ3) is 2.84. The SMILES string of the molecule is CCOC1CCN(C2CCC(N)(C(N)=O)C2)CC1. The van der Waals surface area contributed by atoms with Crippen LogP contribution in [0.2, 0.25) is 0 Å². The van der Waals surface area contributed by atoms with E-state index in [0.29, 0.717) is 18.6 Å². The van der Waals surface area contributed by atoms with Gasteiger partial charge in [-0.2, -0.15) is 0 Å². The molecule has 2 atom stereocenters. The fourth-order valence-corrected chi connectivity index (χ4v) is 3.23. The lowest BCUT2D eigenvalue weighted by Gasteiger charge is -2.36. The van der Waals surface area contributed by atoms with Gasteiger partial charge in [-0.3, -0.25) is 4.79 Å². The van der Waals surface area contributed by atoms with E-state index in [9.17, 15) is 4.79 Å². The molecule has 1 saturated heterocycles. The number of nitrogens with two attached hydrogens (primary N) is 2. The van der Waals surface area contributed by atoms with Crippen LogP contribution in [-0.2, 0) is 9.53 Å². The monoisotopic (exact) mass is 255 g/mol. The predicted octanol–water partition coefficient (Wildman–Crippen LogP) is 0.223. The first kappa shape index (κ1) is 13.8. The van der Waals surface area contributed by atoms with Gasteiger partial charge in [0.25, 0.3) is 0 Å². The molecule has 0 radical (unpaired) electrons. The van der Waals surface area contributed by atoms with Crippen LogP contribution in [0.15, 0.2) is 0 Å². The molecular formula is C13H25N3O2. The molecule has 0 bridgehead atoms. The van der Waals surface area contributed by atoms with E-state index in [1.165, 1.54) is 0 Å². The van der Waals surface area contributed by atoms with Crippen molar-refractivity contribution in [3.8, 4) is 0 Å². The third-order valence-electron chi connectivity index (χ3n) is 4.41. The molecular weight excluding hydrogens is 230 g/mol. The topological polar surface area (TPSA) is 81.6 Å². The molecule has 0 aromatic heterocycles. The summed E-state index contributed by atoms with van der Waals surface area (Å²) in [6, 6.07) is 0.421. The minimum atomic E-state index is -0.776. The van der Waals surface area contributed by atoms with Gasteiger partial charge in [0.15, 0.2) is 0 Å². The number of nitrogens with zero attached hydrogens (tertiary/aromatic N) is 1.